The number of rotatable bonds is 16. The van der Waals surface area contributed by atoms with Crippen LogP contribution in [0.3, 0.4) is 0 Å². The van der Waals surface area contributed by atoms with E-state index in [0.717, 1.165) is 12.8 Å². The molecule has 6 aromatic carbocycles. The van der Waals surface area contributed by atoms with Gasteiger partial charge >= 0.3 is 0 Å². The number of ether oxygens (including phenoxy) is 1. The summed E-state index contributed by atoms with van der Waals surface area (Å²) < 4.78 is 31.5. The minimum absolute atomic E-state index is 0.0355. The maximum absolute atomic E-state index is 14.2. The van der Waals surface area contributed by atoms with Gasteiger partial charge in [-0.1, -0.05) is 250 Å². The SMILES string of the molecule is CC(C)(C)[Si](OCC[C@@]1(CO[Si](c2ccccc2)(c2ccccc2)C(C)(C)C)C[C@@H](C=O)[C@]2(CO2)[C@H]2CCC=C1[C@H]2O[Si](c1ccccc1)(c1ccccc1)C(C)(C)C)(c1ccccc1)c1ccccc1. The van der Waals surface area contributed by atoms with Crippen LogP contribution in [0.15, 0.2) is 194 Å². The van der Waals surface area contributed by atoms with Gasteiger partial charge in [0.25, 0.3) is 25.0 Å². The number of benzene rings is 6. The summed E-state index contributed by atoms with van der Waals surface area (Å²) in [6.07, 6.45) is 6.35. The highest BCUT2D eigenvalue weighted by Gasteiger charge is 2.67. The summed E-state index contributed by atoms with van der Waals surface area (Å²) in [5.41, 5.74) is -0.0752. The largest absolute Gasteiger partial charge is 0.407 e. The molecule has 71 heavy (non-hydrogen) atoms. The molecule has 5 atom stereocenters. The van der Waals surface area contributed by atoms with Gasteiger partial charge < -0.3 is 22.8 Å². The van der Waals surface area contributed by atoms with E-state index < -0.39 is 36.0 Å². The lowest BCUT2D eigenvalue weighted by Gasteiger charge is -2.51. The monoisotopic (exact) mass is 997 g/mol. The molecule has 3 aliphatic rings. The fraction of sp³-hybridized carbons (Fsp3) is 0.381. The standard InChI is InChI=1S/C63H76O5Si3/c1-59(2,3)69(50-29-16-10-17-30-50,51-31-18-11-19-32-51)66-44-43-62(47-67-70(60(4,5)6,52-33-20-12-21-34-52)53-35-22-13-23-36-53)45-49(46-64)63(48-65-63)57-42-28-41-56(62)58(57)68-71(61(7,8)9,54-37-24-14-25-38-54)55-39-26-15-27-40-55/h10-27,29-41,46,49,57-58H,28,42-45,47-48H2,1-9H3/t49-,57-,58+,62-,63+/m0/s1. The Kier molecular flexibility index (Phi) is 14.3. The van der Waals surface area contributed by atoms with Crippen molar-refractivity contribution < 1.29 is 22.8 Å². The Hall–Kier alpha value is -4.78. The van der Waals surface area contributed by atoms with Crippen LogP contribution in [0, 0.1) is 17.3 Å². The molecule has 0 aromatic heterocycles. The summed E-state index contributed by atoms with van der Waals surface area (Å²) in [6, 6.07) is 66.0. The van der Waals surface area contributed by atoms with Crippen molar-refractivity contribution >= 4 is 62.4 Å². The van der Waals surface area contributed by atoms with Crippen LogP contribution in [0.25, 0.3) is 0 Å². The van der Waals surface area contributed by atoms with Gasteiger partial charge in [0.2, 0.25) is 0 Å². The van der Waals surface area contributed by atoms with Gasteiger partial charge in [-0.15, -0.1) is 0 Å². The van der Waals surface area contributed by atoms with E-state index in [2.05, 4.69) is 250 Å². The van der Waals surface area contributed by atoms with Crippen molar-refractivity contribution in [3.05, 3.63) is 194 Å². The quantitative estimate of drug-likeness (QED) is 0.0419. The van der Waals surface area contributed by atoms with Crippen LogP contribution in [0.2, 0.25) is 15.1 Å². The number of carbonyl (C=O) groups is 1. The third-order valence-electron chi connectivity index (χ3n) is 16.7. The zero-order valence-corrected chi connectivity index (χ0v) is 46.7. The number of allylic oxidation sites excluding steroid dienone is 1. The normalized spacial score (nSPS) is 22.9. The van der Waals surface area contributed by atoms with E-state index >= 15 is 0 Å². The van der Waals surface area contributed by atoms with E-state index in [1.54, 1.807) is 0 Å². The van der Waals surface area contributed by atoms with Crippen LogP contribution in [0.5, 0.6) is 0 Å². The number of hydrogen-bond donors (Lipinski definition) is 0. The van der Waals surface area contributed by atoms with Crippen molar-refractivity contribution in [2.24, 2.45) is 17.3 Å². The minimum Gasteiger partial charge on any atom is -0.407 e. The van der Waals surface area contributed by atoms with E-state index in [1.807, 2.05) is 0 Å². The summed E-state index contributed by atoms with van der Waals surface area (Å²) in [5.74, 6) is -0.413. The lowest BCUT2D eigenvalue weighted by Crippen LogP contribution is -2.69. The van der Waals surface area contributed by atoms with Gasteiger partial charge in [0.05, 0.1) is 12.7 Å². The average Bonchev–Trinajstić information content (AvgIpc) is 4.18. The molecule has 1 saturated heterocycles. The van der Waals surface area contributed by atoms with Crippen molar-refractivity contribution in [1.29, 1.82) is 0 Å². The van der Waals surface area contributed by atoms with Crippen LogP contribution in [-0.2, 0) is 22.8 Å². The number of epoxide rings is 1. The zero-order chi connectivity index (χ0) is 50.2. The molecule has 2 bridgehead atoms. The van der Waals surface area contributed by atoms with Crippen molar-refractivity contribution in [1.82, 2.24) is 0 Å². The average molecular weight is 998 g/mol. The second-order valence-corrected chi connectivity index (χ2v) is 36.6. The van der Waals surface area contributed by atoms with Crippen molar-refractivity contribution in [3.8, 4) is 0 Å². The topological polar surface area (TPSA) is 57.3 Å². The molecule has 0 radical (unpaired) electrons. The second kappa shape index (κ2) is 19.9. The van der Waals surface area contributed by atoms with Gasteiger partial charge in [-0.2, -0.15) is 0 Å². The second-order valence-electron chi connectivity index (χ2n) is 23.7. The predicted molar refractivity (Wildman–Crippen MR) is 300 cm³/mol. The molecular weight excluding hydrogens is 921 g/mol. The first-order valence-corrected chi connectivity index (χ1v) is 31.8. The first-order valence-electron chi connectivity index (χ1n) is 26.1. The van der Waals surface area contributed by atoms with E-state index in [1.165, 1.54) is 43.0 Å². The van der Waals surface area contributed by atoms with Crippen molar-refractivity contribution in [2.45, 2.75) is 115 Å². The Morgan fingerprint density at radius 1 is 0.535 bits per heavy atom. The third-order valence-corrected chi connectivity index (χ3v) is 31.7. The summed E-state index contributed by atoms with van der Waals surface area (Å²) >= 11 is 0. The van der Waals surface area contributed by atoms with Crippen molar-refractivity contribution in [2.75, 3.05) is 19.8 Å². The number of fused-ring (bicyclic) bond motifs is 3. The number of hydrogen-bond acceptors (Lipinski definition) is 5. The highest BCUT2D eigenvalue weighted by atomic mass is 28.4. The van der Waals surface area contributed by atoms with E-state index in [4.69, 9.17) is 18.0 Å². The molecule has 9 rings (SSSR count). The molecule has 0 N–H and O–H groups in total. The lowest BCUT2D eigenvalue weighted by molar-refractivity contribution is -0.115. The van der Waals surface area contributed by atoms with Gasteiger partial charge in [0.15, 0.2) is 0 Å². The molecule has 2 fully saturated rings. The van der Waals surface area contributed by atoms with Crippen LogP contribution in [-0.4, -0.2) is 62.8 Å². The lowest BCUT2D eigenvalue weighted by atomic mass is 9.70. The first-order chi connectivity index (χ1) is 34.0. The molecule has 1 aliphatic heterocycles. The van der Waals surface area contributed by atoms with Crippen LogP contribution >= 0.6 is 0 Å². The summed E-state index contributed by atoms with van der Waals surface area (Å²) in [6.45, 7) is 22.6. The molecule has 8 heteroatoms. The van der Waals surface area contributed by atoms with Crippen LogP contribution in [0.1, 0.15) is 88.0 Å². The molecule has 5 nitrogen and oxygen atoms in total. The van der Waals surface area contributed by atoms with Crippen molar-refractivity contribution in [3.63, 3.8) is 0 Å². The Bertz CT molecular complexity index is 2610. The van der Waals surface area contributed by atoms with E-state index in [0.29, 0.717) is 32.7 Å². The molecule has 0 unspecified atom stereocenters. The fourth-order valence-corrected chi connectivity index (χ4v) is 27.1. The number of aldehydes is 1. The summed E-state index contributed by atoms with van der Waals surface area (Å²) in [5, 5.41) is 6.67. The highest BCUT2D eigenvalue weighted by Crippen LogP contribution is 2.60. The molecule has 1 spiro atoms. The summed E-state index contributed by atoms with van der Waals surface area (Å²) in [7, 11) is -9.27. The predicted octanol–water partition coefficient (Wildman–Crippen LogP) is 10.8. The molecule has 1 heterocycles. The fourth-order valence-electron chi connectivity index (χ4n) is 13.2. The van der Waals surface area contributed by atoms with Gasteiger partial charge in [-0.25, -0.2) is 0 Å². The third kappa shape index (κ3) is 9.00. The smallest absolute Gasteiger partial charge is 0.261 e. The highest BCUT2D eigenvalue weighted by molar-refractivity contribution is 7.00. The van der Waals surface area contributed by atoms with E-state index in [-0.39, 0.29) is 33.1 Å². The zero-order valence-electron chi connectivity index (χ0n) is 43.7. The Morgan fingerprint density at radius 3 is 1.23 bits per heavy atom. The van der Waals surface area contributed by atoms with Crippen LogP contribution < -0.4 is 31.1 Å². The molecule has 370 valence electrons. The molecular formula is C63H76O5Si3. The Balaban J connectivity index is 1.27. The van der Waals surface area contributed by atoms with Crippen LogP contribution in [0.4, 0.5) is 0 Å². The number of carbonyl (C=O) groups excluding carboxylic acids is 1. The van der Waals surface area contributed by atoms with Gasteiger partial charge in [0.1, 0.15) is 11.9 Å². The van der Waals surface area contributed by atoms with Gasteiger partial charge in [-0.3, -0.25) is 0 Å². The van der Waals surface area contributed by atoms with E-state index in [9.17, 15) is 4.79 Å². The molecule has 6 aromatic rings. The Morgan fingerprint density at radius 2 is 0.887 bits per heavy atom. The maximum Gasteiger partial charge on any atom is 0.261 e. The maximum atomic E-state index is 14.2. The molecule has 2 aliphatic carbocycles. The Labute approximate surface area is 428 Å². The molecule has 0 amide bonds. The minimum atomic E-state index is -3.16. The van der Waals surface area contributed by atoms with Gasteiger partial charge in [-0.05, 0) is 77.5 Å². The van der Waals surface area contributed by atoms with Gasteiger partial charge in [0, 0.05) is 30.5 Å². The summed E-state index contributed by atoms with van der Waals surface area (Å²) in [4.78, 5) is 14.2. The first kappa shape index (κ1) is 51.1. The molecule has 1 saturated carbocycles.